The van der Waals surface area contributed by atoms with Gasteiger partial charge in [-0.3, -0.25) is 15.1 Å². The Morgan fingerprint density at radius 3 is 2.60 bits per heavy atom. The fraction of sp³-hybridized carbons (Fsp3) is 0. The second-order valence-corrected chi connectivity index (χ2v) is 4.96. The van der Waals surface area contributed by atoms with E-state index >= 15 is 0 Å². The van der Waals surface area contributed by atoms with Crippen LogP contribution in [0.25, 0.3) is 33.1 Å². The average molecular weight is 281 g/mol. The SMILES string of the molecule is Clc1cc2nccnc2cc1-c1ccc2cn[nH]c2c1. The number of fused-ring (bicyclic) bond motifs is 2. The molecule has 96 valence electrons. The van der Waals surface area contributed by atoms with E-state index in [-0.39, 0.29) is 0 Å². The number of nitrogens with zero attached hydrogens (tertiary/aromatic N) is 3. The summed E-state index contributed by atoms with van der Waals surface area (Å²) in [5.74, 6) is 0. The van der Waals surface area contributed by atoms with Gasteiger partial charge >= 0.3 is 0 Å². The molecule has 0 spiro atoms. The van der Waals surface area contributed by atoms with Crippen molar-refractivity contribution in [1.29, 1.82) is 0 Å². The Balaban J connectivity index is 1.98. The van der Waals surface area contributed by atoms with Gasteiger partial charge in [-0.2, -0.15) is 5.10 Å². The number of aromatic nitrogens is 4. The van der Waals surface area contributed by atoms with Crippen molar-refractivity contribution in [3.63, 3.8) is 0 Å². The van der Waals surface area contributed by atoms with Gasteiger partial charge < -0.3 is 0 Å². The van der Waals surface area contributed by atoms with Crippen LogP contribution in [0.1, 0.15) is 0 Å². The Labute approximate surface area is 119 Å². The topological polar surface area (TPSA) is 54.5 Å². The standard InChI is InChI=1S/C15H9ClN4/c16-12-7-15-14(17-3-4-18-15)6-11(12)9-1-2-10-8-19-20-13(10)5-9/h1-8H,(H,19,20). The van der Waals surface area contributed by atoms with Crippen molar-refractivity contribution in [3.8, 4) is 11.1 Å². The first kappa shape index (κ1) is 11.4. The van der Waals surface area contributed by atoms with Crippen LogP contribution < -0.4 is 0 Å². The van der Waals surface area contributed by atoms with Gasteiger partial charge in [0.25, 0.3) is 0 Å². The summed E-state index contributed by atoms with van der Waals surface area (Å²) in [5, 5.41) is 8.73. The predicted molar refractivity (Wildman–Crippen MR) is 79.6 cm³/mol. The molecular formula is C15H9ClN4. The van der Waals surface area contributed by atoms with Crippen molar-refractivity contribution in [2.24, 2.45) is 0 Å². The van der Waals surface area contributed by atoms with Crippen molar-refractivity contribution in [3.05, 3.63) is 53.9 Å². The van der Waals surface area contributed by atoms with E-state index < -0.39 is 0 Å². The summed E-state index contributed by atoms with van der Waals surface area (Å²) in [7, 11) is 0. The molecule has 0 radical (unpaired) electrons. The Hall–Kier alpha value is -2.46. The van der Waals surface area contributed by atoms with Crippen LogP contribution in [0.4, 0.5) is 0 Å². The molecule has 4 nitrogen and oxygen atoms in total. The Kier molecular flexibility index (Phi) is 2.44. The molecule has 0 aliphatic rings. The molecule has 5 heteroatoms. The molecular weight excluding hydrogens is 272 g/mol. The second kappa shape index (κ2) is 4.28. The minimum absolute atomic E-state index is 0.664. The maximum absolute atomic E-state index is 6.37. The summed E-state index contributed by atoms with van der Waals surface area (Å²) < 4.78 is 0. The van der Waals surface area contributed by atoms with Gasteiger partial charge in [-0.25, -0.2) is 0 Å². The number of nitrogens with one attached hydrogen (secondary N) is 1. The molecule has 0 fully saturated rings. The molecule has 1 N–H and O–H groups in total. The third-order valence-electron chi connectivity index (χ3n) is 3.31. The van der Waals surface area contributed by atoms with Gasteiger partial charge in [0.05, 0.1) is 27.8 Å². The zero-order valence-corrected chi connectivity index (χ0v) is 11.1. The number of aromatic amines is 1. The van der Waals surface area contributed by atoms with Crippen LogP contribution in [-0.4, -0.2) is 20.2 Å². The van der Waals surface area contributed by atoms with Crippen molar-refractivity contribution in [2.45, 2.75) is 0 Å². The van der Waals surface area contributed by atoms with Gasteiger partial charge in [0.2, 0.25) is 0 Å². The van der Waals surface area contributed by atoms with Gasteiger partial charge in [0.15, 0.2) is 0 Å². The molecule has 0 amide bonds. The number of hydrogen-bond donors (Lipinski definition) is 1. The zero-order chi connectivity index (χ0) is 13.5. The molecule has 0 unspecified atom stereocenters. The molecule has 2 aromatic heterocycles. The lowest BCUT2D eigenvalue weighted by atomic mass is 10.0. The van der Waals surface area contributed by atoms with E-state index in [9.17, 15) is 0 Å². The predicted octanol–water partition coefficient (Wildman–Crippen LogP) is 3.83. The molecule has 0 bridgehead atoms. The van der Waals surface area contributed by atoms with Crippen LogP contribution in [0.2, 0.25) is 5.02 Å². The molecule has 2 aromatic carbocycles. The first-order valence-corrected chi connectivity index (χ1v) is 6.53. The number of hydrogen-bond acceptors (Lipinski definition) is 3. The van der Waals surface area contributed by atoms with Crippen LogP contribution in [0.3, 0.4) is 0 Å². The normalized spacial score (nSPS) is 11.2. The first-order valence-electron chi connectivity index (χ1n) is 6.15. The second-order valence-electron chi connectivity index (χ2n) is 4.55. The summed E-state index contributed by atoms with van der Waals surface area (Å²) in [6.45, 7) is 0. The number of benzene rings is 2. The van der Waals surface area contributed by atoms with Crippen molar-refractivity contribution >= 4 is 33.5 Å². The summed E-state index contributed by atoms with van der Waals surface area (Å²) in [5.41, 5.74) is 4.58. The van der Waals surface area contributed by atoms with Gasteiger partial charge in [-0.1, -0.05) is 23.7 Å². The van der Waals surface area contributed by atoms with Crippen molar-refractivity contribution in [1.82, 2.24) is 20.2 Å². The lowest BCUT2D eigenvalue weighted by molar-refractivity contribution is 1.12. The minimum atomic E-state index is 0.664. The molecule has 0 aliphatic carbocycles. The Morgan fingerprint density at radius 2 is 1.75 bits per heavy atom. The van der Waals surface area contributed by atoms with E-state index in [1.807, 2.05) is 30.3 Å². The molecule has 2 heterocycles. The van der Waals surface area contributed by atoms with Gasteiger partial charge in [0.1, 0.15) is 0 Å². The molecule has 0 aliphatic heterocycles. The highest BCUT2D eigenvalue weighted by atomic mass is 35.5. The third kappa shape index (κ3) is 1.73. The highest BCUT2D eigenvalue weighted by Crippen LogP contribution is 2.32. The smallest absolute Gasteiger partial charge is 0.0902 e. The number of H-pyrrole nitrogens is 1. The van der Waals surface area contributed by atoms with E-state index in [4.69, 9.17) is 11.6 Å². The van der Waals surface area contributed by atoms with E-state index in [1.54, 1.807) is 18.6 Å². The maximum atomic E-state index is 6.37. The molecule has 0 saturated heterocycles. The van der Waals surface area contributed by atoms with Gasteiger partial charge in [-0.15, -0.1) is 0 Å². The van der Waals surface area contributed by atoms with Crippen LogP contribution in [0.5, 0.6) is 0 Å². The van der Waals surface area contributed by atoms with E-state index in [0.29, 0.717) is 5.02 Å². The summed E-state index contributed by atoms with van der Waals surface area (Å²) in [6.07, 6.45) is 5.14. The molecule has 4 aromatic rings. The van der Waals surface area contributed by atoms with E-state index in [1.165, 1.54) is 0 Å². The van der Waals surface area contributed by atoms with Crippen molar-refractivity contribution in [2.75, 3.05) is 0 Å². The van der Waals surface area contributed by atoms with Crippen LogP contribution in [0.15, 0.2) is 48.9 Å². The summed E-state index contributed by atoms with van der Waals surface area (Å²) in [4.78, 5) is 8.57. The van der Waals surface area contributed by atoms with Gasteiger partial charge in [-0.05, 0) is 23.8 Å². The lowest BCUT2D eigenvalue weighted by Crippen LogP contribution is -1.86. The molecule has 0 atom stereocenters. The summed E-state index contributed by atoms with van der Waals surface area (Å²) in [6, 6.07) is 9.89. The maximum Gasteiger partial charge on any atom is 0.0902 e. The monoisotopic (exact) mass is 280 g/mol. The highest BCUT2D eigenvalue weighted by Gasteiger charge is 2.08. The van der Waals surface area contributed by atoms with Crippen LogP contribution in [-0.2, 0) is 0 Å². The Bertz CT molecular complexity index is 929. The average Bonchev–Trinajstić information content (AvgIpc) is 2.94. The fourth-order valence-electron chi connectivity index (χ4n) is 2.31. The molecule has 0 saturated carbocycles. The zero-order valence-electron chi connectivity index (χ0n) is 10.3. The molecule has 20 heavy (non-hydrogen) atoms. The third-order valence-corrected chi connectivity index (χ3v) is 3.62. The molecule has 4 rings (SSSR count). The van der Waals surface area contributed by atoms with E-state index in [0.717, 1.165) is 33.1 Å². The fourth-order valence-corrected chi connectivity index (χ4v) is 2.58. The van der Waals surface area contributed by atoms with Gasteiger partial charge in [0, 0.05) is 23.3 Å². The first-order chi connectivity index (χ1) is 9.81. The lowest BCUT2D eigenvalue weighted by Gasteiger charge is -2.06. The quantitative estimate of drug-likeness (QED) is 0.576. The van der Waals surface area contributed by atoms with Crippen molar-refractivity contribution < 1.29 is 0 Å². The number of rotatable bonds is 1. The van der Waals surface area contributed by atoms with E-state index in [2.05, 4.69) is 20.2 Å². The minimum Gasteiger partial charge on any atom is -0.278 e. The highest BCUT2D eigenvalue weighted by molar-refractivity contribution is 6.34. The van der Waals surface area contributed by atoms with Crippen LogP contribution >= 0.6 is 11.6 Å². The van der Waals surface area contributed by atoms with Crippen LogP contribution in [0, 0.1) is 0 Å². The summed E-state index contributed by atoms with van der Waals surface area (Å²) >= 11 is 6.37. The number of halogens is 1. The Morgan fingerprint density at radius 1 is 0.950 bits per heavy atom. The largest absolute Gasteiger partial charge is 0.278 e.